The van der Waals surface area contributed by atoms with Crippen LogP contribution in [0.4, 0.5) is 0 Å². The molecule has 0 aliphatic rings. The van der Waals surface area contributed by atoms with Crippen LogP contribution in [0.5, 0.6) is 5.75 Å². The second kappa shape index (κ2) is 6.05. The molecular formula is C17H14N2O2. The third-order valence-corrected chi connectivity index (χ3v) is 3.03. The number of ether oxygens (including phenoxy) is 1. The molecule has 104 valence electrons. The molecule has 0 bridgehead atoms. The summed E-state index contributed by atoms with van der Waals surface area (Å²) in [5.74, 6) is 0.295. The van der Waals surface area contributed by atoms with Gasteiger partial charge >= 0.3 is 5.97 Å². The van der Waals surface area contributed by atoms with Crippen molar-refractivity contribution in [2.45, 2.75) is 6.42 Å². The van der Waals surface area contributed by atoms with Crippen molar-refractivity contribution in [3.05, 3.63) is 78.6 Å². The first kappa shape index (κ1) is 13.1. The first-order valence-electron chi connectivity index (χ1n) is 6.66. The Labute approximate surface area is 122 Å². The summed E-state index contributed by atoms with van der Waals surface area (Å²) in [5.41, 5.74) is 1.87. The zero-order chi connectivity index (χ0) is 14.5. The molecule has 0 spiro atoms. The lowest BCUT2D eigenvalue weighted by Crippen LogP contribution is -2.11. The van der Waals surface area contributed by atoms with E-state index in [9.17, 15) is 4.79 Å². The fraction of sp³-hybridized carbons (Fsp3) is 0.0588. The predicted molar refractivity (Wildman–Crippen MR) is 79.3 cm³/mol. The highest BCUT2D eigenvalue weighted by atomic mass is 16.5. The molecule has 2 aromatic carbocycles. The van der Waals surface area contributed by atoms with Crippen molar-refractivity contribution in [3.8, 4) is 11.4 Å². The van der Waals surface area contributed by atoms with Crippen molar-refractivity contribution in [2.75, 3.05) is 0 Å². The number of aromatic nitrogens is 2. The van der Waals surface area contributed by atoms with Crippen molar-refractivity contribution in [2.24, 2.45) is 0 Å². The summed E-state index contributed by atoms with van der Waals surface area (Å²) in [4.78, 5) is 11.9. The van der Waals surface area contributed by atoms with Gasteiger partial charge in [-0.2, -0.15) is 5.10 Å². The van der Waals surface area contributed by atoms with Gasteiger partial charge in [-0.3, -0.25) is 4.79 Å². The van der Waals surface area contributed by atoms with Gasteiger partial charge in [-0.25, -0.2) is 4.68 Å². The van der Waals surface area contributed by atoms with Crippen LogP contribution in [0, 0.1) is 0 Å². The summed E-state index contributed by atoms with van der Waals surface area (Å²) in [6, 6.07) is 18.6. The number of hydrogen-bond acceptors (Lipinski definition) is 3. The fourth-order valence-electron chi connectivity index (χ4n) is 2.01. The normalized spacial score (nSPS) is 10.3. The maximum absolute atomic E-state index is 11.9. The maximum Gasteiger partial charge on any atom is 0.315 e. The van der Waals surface area contributed by atoms with Crippen LogP contribution < -0.4 is 4.74 Å². The van der Waals surface area contributed by atoms with Gasteiger partial charge in [-0.1, -0.05) is 30.3 Å². The summed E-state index contributed by atoms with van der Waals surface area (Å²) < 4.78 is 7.03. The van der Waals surface area contributed by atoms with Crippen LogP contribution in [-0.2, 0) is 11.2 Å². The number of carbonyl (C=O) groups is 1. The summed E-state index contributed by atoms with van der Waals surface area (Å²) >= 11 is 0. The summed E-state index contributed by atoms with van der Waals surface area (Å²) in [6.45, 7) is 0. The number of benzene rings is 2. The molecule has 0 fully saturated rings. The molecule has 21 heavy (non-hydrogen) atoms. The highest BCUT2D eigenvalue weighted by Gasteiger charge is 2.06. The molecule has 0 unspecified atom stereocenters. The quantitative estimate of drug-likeness (QED) is 0.544. The second-order valence-electron chi connectivity index (χ2n) is 4.58. The van der Waals surface area contributed by atoms with Crippen LogP contribution >= 0.6 is 0 Å². The largest absolute Gasteiger partial charge is 0.426 e. The molecule has 1 aromatic heterocycles. The summed E-state index contributed by atoms with van der Waals surface area (Å²) in [5, 5.41) is 4.16. The second-order valence-corrected chi connectivity index (χ2v) is 4.58. The molecule has 0 saturated carbocycles. The fourth-order valence-corrected chi connectivity index (χ4v) is 2.01. The van der Waals surface area contributed by atoms with E-state index in [1.54, 1.807) is 23.0 Å². The van der Waals surface area contributed by atoms with Gasteiger partial charge in [0.25, 0.3) is 0 Å². The zero-order valence-electron chi connectivity index (χ0n) is 11.3. The van der Waals surface area contributed by atoms with Gasteiger partial charge < -0.3 is 4.74 Å². The van der Waals surface area contributed by atoms with E-state index in [1.165, 1.54) is 0 Å². The van der Waals surface area contributed by atoms with Crippen LogP contribution in [0.15, 0.2) is 73.1 Å². The van der Waals surface area contributed by atoms with Crippen LogP contribution in [-0.4, -0.2) is 15.7 Å². The lowest BCUT2D eigenvalue weighted by atomic mass is 10.1. The smallest absolute Gasteiger partial charge is 0.315 e. The third kappa shape index (κ3) is 3.36. The zero-order valence-corrected chi connectivity index (χ0v) is 11.3. The number of para-hydroxylation sites is 1. The van der Waals surface area contributed by atoms with Gasteiger partial charge in [0, 0.05) is 12.4 Å². The van der Waals surface area contributed by atoms with Crippen molar-refractivity contribution in [3.63, 3.8) is 0 Å². The van der Waals surface area contributed by atoms with E-state index < -0.39 is 0 Å². The monoisotopic (exact) mass is 278 g/mol. The lowest BCUT2D eigenvalue weighted by Gasteiger charge is -2.05. The number of rotatable bonds is 4. The van der Waals surface area contributed by atoms with Gasteiger partial charge in [-0.15, -0.1) is 0 Å². The SMILES string of the molecule is O=C(Cc1ccc(-n2cccn2)cc1)Oc1ccccc1. The van der Waals surface area contributed by atoms with E-state index in [1.807, 2.05) is 54.7 Å². The van der Waals surface area contributed by atoms with Crippen molar-refractivity contribution < 1.29 is 9.53 Å². The Morgan fingerprint density at radius 1 is 1.00 bits per heavy atom. The van der Waals surface area contributed by atoms with Crippen LogP contribution in [0.2, 0.25) is 0 Å². The molecule has 3 aromatic rings. The van der Waals surface area contributed by atoms with Crippen molar-refractivity contribution in [1.29, 1.82) is 0 Å². The van der Waals surface area contributed by atoms with E-state index in [4.69, 9.17) is 4.74 Å². The van der Waals surface area contributed by atoms with Gasteiger partial charge in [0.2, 0.25) is 0 Å². The average molecular weight is 278 g/mol. The topological polar surface area (TPSA) is 44.1 Å². The van der Waals surface area contributed by atoms with E-state index in [0.29, 0.717) is 5.75 Å². The number of carbonyl (C=O) groups excluding carboxylic acids is 1. The van der Waals surface area contributed by atoms with Crippen LogP contribution in [0.25, 0.3) is 5.69 Å². The number of nitrogens with zero attached hydrogens (tertiary/aromatic N) is 2. The molecular weight excluding hydrogens is 264 g/mol. The highest BCUT2D eigenvalue weighted by molar-refractivity contribution is 5.75. The summed E-state index contributed by atoms with van der Waals surface area (Å²) in [7, 11) is 0. The lowest BCUT2D eigenvalue weighted by molar-refractivity contribution is -0.133. The van der Waals surface area contributed by atoms with Crippen molar-refractivity contribution in [1.82, 2.24) is 9.78 Å². The average Bonchev–Trinajstić information content (AvgIpc) is 3.03. The summed E-state index contributed by atoms with van der Waals surface area (Å²) in [6.07, 6.45) is 3.85. The predicted octanol–water partition coefficient (Wildman–Crippen LogP) is 3.02. The van der Waals surface area contributed by atoms with Gasteiger partial charge in [0.05, 0.1) is 12.1 Å². The van der Waals surface area contributed by atoms with E-state index in [0.717, 1.165) is 11.3 Å². The Morgan fingerprint density at radius 2 is 1.76 bits per heavy atom. The molecule has 0 radical (unpaired) electrons. The van der Waals surface area contributed by atoms with E-state index in [-0.39, 0.29) is 12.4 Å². The Balaban J connectivity index is 1.64. The molecule has 0 atom stereocenters. The number of esters is 1. The third-order valence-electron chi connectivity index (χ3n) is 3.03. The van der Waals surface area contributed by atoms with E-state index in [2.05, 4.69) is 5.10 Å². The Kier molecular flexibility index (Phi) is 3.78. The molecule has 0 amide bonds. The molecule has 0 aliphatic carbocycles. The Bertz CT molecular complexity index is 704. The van der Waals surface area contributed by atoms with Crippen LogP contribution in [0.1, 0.15) is 5.56 Å². The van der Waals surface area contributed by atoms with Crippen LogP contribution in [0.3, 0.4) is 0 Å². The highest BCUT2D eigenvalue weighted by Crippen LogP contribution is 2.12. The molecule has 1 heterocycles. The first-order valence-corrected chi connectivity index (χ1v) is 6.66. The molecule has 0 N–H and O–H groups in total. The minimum Gasteiger partial charge on any atom is -0.426 e. The number of hydrogen-bond donors (Lipinski definition) is 0. The maximum atomic E-state index is 11.9. The van der Waals surface area contributed by atoms with Gasteiger partial charge in [0.1, 0.15) is 5.75 Å². The standard InChI is InChI=1S/C17H14N2O2/c20-17(21-16-5-2-1-3-6-16)13-14-7-9-15(10-8-14)19-12-4-11-18-19/h1-12H,13H2. The first-order chi connectivity index (χ1) is 10.3. The molecule has 3 rings (SSSR count). The van der Waals surface area contributed by atoms with E-state index >= 15 is 0 Å². The molecule has 0 aliphatic heterocycles. The Morgan fingerprint density at radius 3 is 2.43 bits per heavy atom. The molecule has 4 heteroatoms. The molecule has 0 saturated heterocycles. The minimum atomic E-state index is -0.270. The van der Waals surface area contributed by atoms with Crippen molar-refractivity contribution >= 4 is 5.97 Å². The molecule has 4 nitrogen and oxygen atoms in total. The van der Waals surface area contributed by atoms with Gasteiger partial charge in [-0.05, 0) is 35.9 Å². The minimum absolute atomic E-state index is 0.244. The Hall–Kier alpha value is -2.88. The van der Waals surface area contributed by atoms with Gasteiger partial charge in [0.15, 0.2) is 0 Å².